The first kappa shape index (κ1) is 32.4. The lowest BCUT2D eigenvalue weighted by Gasteiger charge is -2.39. The van der Waals surface area contributed by atoms with Crippen molar-refractivity contribution in [1.29, 1.82) is 0 Å². The van der Waals surface area contributed by atoms with Gasteiger partial charge < -0.3 is 43.9 Å². The van der Waals surface area contributed by atoms with Gasteiger partial charge in [0.2, 0.25) is 0 Å². The van der Waals surface area contributed by atoms with Gasteiger partial charge in [-0.2, -0.15) is 0 Å². The predicted octanol–water partition coefficient (Wildman–Crippen LogP) is 0.702. The minimum Gasteiger partial charge on any atom is -0.446 e. The molecule has 1 aliphatic carbocycles. The maximum atomic E-state index is 13.7. The highest BCUT2D eigenvalue weighted by molar-refractivity contribution is 5.93. The van der Waals surface area contributed by atoms with Gasteiger partial charge in [-0.15, -0.1) is 0 Å². The summed E-state index contributed by atoms with van der Waals surface area (Å²) in [4.78, 5) is 45.1. The topological polar surface area (TPSA) is 187 Å². The maximum absolute atomic E-state index is 13.7. The molecule has 1 saturated heterocycles. The van der Waals surface area contributed by atoms with Gasteiger partial charge in [0.15, 0.2) is 17.7 Å². The standard InChI is InChI=1S/C33H38N2O11/c1-2-33(46-26(38)8-5-11-43-12-13-44-32-30(41)29(40)28(39)24(17-36)45-32)21-15-23-27-19(14-18-6-3-4-7-22(18)34-27)16-35(23)31(42)20(21)9-10-25(33)37/h3-4,6-7,14-15,24,28-30,32,36,39-41H,2,5,8-13,16-17H2,1H3/t24-,28-,29+,30+,32+,33+/m1/s1. The Hall–Kier alpha value is -3.56. The van der Waals surface area contributed by atoms with Crippen LogP contribution in [0.4, 0.5) is 0 Å². The van der Waals surface area contributed by atoms with Gasteiger partial charge >= 0.3 is 5.97 Å². The molecule has 3 aliphatic rings. The molecule has 4 heterocycles. The maximum Gasteiger partial charge on any atom is 0.307 e. The summed E-state index contributed by atoms with van der Waals surface area (Å²) in [6.45, 7) is 1.82. The number of hydrogen-bond donors (Lipinski definition) is 4. The first-order valence-corrected chi connectivity index (χ1v) is 15.6. The van der Waals surface area contributed by atoms with Gasteiger partial charge in [0.05, 0.1) is 43.3 Å². The van der Waals surface area contributed by atoms with Crippen molar-refractivity contribution in [3.8, 4) is 11.4 Å². The van der Waals surface area contributed by atoms with Crippen molar-refractivity contribution in [2.45, 2.75) is 81.9 Å². The molecule has 1 aromatic carbocycles. The molecule has 246 valence electrons. The summed E-state index contributed by atoms with van der Waals surface area (Å²) in [6.07, 6.45) is -6.04. The smallest absolute Gasteiger partial charge is 0.307 e. The summed E-state index contributed by atoms with van der Waals surface area (Å²) in [5, 5.41) is 40.0. The molecule has 6 atom stereocenters. The van der Waals surface area contributed by atoms with Gasteiger partial charge in [-0.25, -0.2) is 4.98 Å². The van der Waals surface area contributed by atoms with E-state index in [1.54, 1.807) is 17.6 Å². The first-order chi connectivity index (χ1) is 22.2. The normalized spacial score (nSPS) is 26.9. The van der Waals surface area contributed by atoms with E-state index in [2.05, 4.69) is 0 Å². The molecule has 0 amide bonds. The fourth-order valence-corrected chi connectivity index (χ4v) is 6.57. The summed E-state index contributed by atoms with van der Waals surface area (Å²) in [5.41, 5.74) is 2.15. The largest absolute Gasteiger partial charge is 0.446 e. The zero-order valence-electron chi connectivity index (χ0n) is 25.5. The highest BCUT2D eigenvalue weighted by Gasteiger charge is 2.48. The Morgan fingerprint density at radius 1 is 1.07 bits per heavy atom. The molecule has 0 unspecified atom stereocenters. The van der Waals surface area contributed by atoms with Crippen LogP contribution in [0, 0.1) is 0 Å². The van der Waals surface area contributed by atoms with Crippen molar-refractivity contribution >= 4 is 22.7 Å². The number of aromatic nitrogens is 2. The van der Waals surface area contributed by atoms with Gasteiger partial charge in [-0.1, -0.05) is 25.1 Å². The average molecular weight is 639 g/mol. The SMILES string of the molecule is CC[C@@]1(OC(=O)CCCOCCO[C@H]2O[C@H](CO)[C@@H](O)[C@H](O)[C@@H]2O)C(=O)CCc2c1cc1n(c2=O)Cc2cc3ccccc3nc2-1. The molecule has 0 bridgehead atoms. The highest BCUT2D eigenvalue weighted by atomic mass is 16.7. The van der Waals surface area contributed by atoms with Crippen LogP contribution in [0.5, 0.6) is 0 Å². The number of ether oxygens (including phenoxy) is 4. The second-order valence-electron chi connectivity index (χ2n) is 11.9. The van der Waals surface area contributed by atoms with E-state index in [1.807, 2.05) is 30.3 Å². The second kappa shape index (κ2) is 13.3. The highest BCUT2D eigenvalue weighted by Crippen LogP contribution is 2.41. The number of carbonyl (C=O) groups excluding carboxylic acids is 2. The number of hydrogen-bond acceptors (Lipinski definition) is 12. The number of ketones is 1. The number of aliphatic hydroxyl groups is 4. The van der Waals surface area contributed by atoms with E-state index in [4.69, 9.17) is 23.9 Å². The molecule has 1 fully saturated rings. The van der Waals surface area contributed by atoms with E-state index in [9.17, 15) is 34.8 Å². The van der Waals surface area contributed by atoms with E-state index in [1.165, 1.54) is 0 Å². The molecule has 0 radical (unpaired) electrons. The first-order valence-electron chi connectivity index (χ1n) is 15.6. The Morgan fingerprint density at radius 2 is 1.87 bits per heavy atom. The molecular formula is C33H38N2O11. The Balaban J connectivity index is 1.08. The Labute approximate surface area is 264 Å². The molecule has 0 spiro atoms. The molecule has 0 saturated carbocycles. The van der Waals surface area contributed by atoms with Crippen LogP contribution in [0.1, 0.15) is 49.3 Å². The van der Waals surface area contributed by atoms with E-state index in [0.717, 1.165) is 16.5 Å². The minimum atomic E-state index is -1.57. The van der Waals surface area contributed by atoms with Crippen LogP contribution in [0.3, 0.4) is 0 Å². The number of carbonyl (C=O) groups is 2. The van der Waals surface area contributed by atoms with Gasteiger partial charge in [0.25, 0.3) is 5.56 Å². The Bertz CT molecular complexity index is 1690. The average Bonchev–Trinajstić information content (AvgIpc) is 3.42. The number of aliphatic hydroxyl groups excluding tert-OH is 4. The molecule has 46 heavy (non-hydrogen) atoms. The van der Waals surface area contributed by atoms with Crippen molar-refractivity contribution in [3.05, 3.63) is 63.4 Å². The van der Waals surface area contributed by atoms with Crippen LogP contribution < -0.4 is 5.56 Å². The summed E-state index contributed by atoms with van der Waals surface area (Å²) in [7, 11) is 0. The third-order valence-corrected chi connectivity index (χ3v) is 9.08. The predicted molar refractivity (Wildman–Crippen MR) is 162 cm³/mol. The van der Waals surface area contributed by atoms with Crippen LogP contribution in [-0.2, 0) is 47.1 Å². The molecule has 4 N–H and O–H groups in total. The van der Waals surface area contributed by atoms with E-state index < -0.39 is 48.9 Å². The van der Waals surface area contributed by atoms with Crippen LogP contribution >= 0.6 is 0 Å². The Kier molecular flexibility index (Phi) is 9.35. The number of rotatable bonds is 11. The fourth-order valence-electron chi connectivity index (χ4n) is 6.57. The number of nitrogens with zero attached hydrogens (tertiary/aromatic N) is 2. The van der Waals surface area contributed by atoms with E-state index >= 15 is 0 Å². The van der Waals surface area contributed by atoms with E-state index in [-0.39, 0.29) is 63.3 Å². The molecule has 2 aliphatic heterocycles. The number of esters is 1. The zero-order chi connectivity index (χ0) is 32.6. The summed E-state index contributed by atoms with van der Waals surface area (Å²) in [6, 6.07) is 11.6. The van der Waals surface area contributed by atoms with Gasteiger partial charge in [0, 0.05) is 41.5 Å². The van der Waals surface area contributed by atoms with Crippen LogP contribution in [-0.4, -0.2) is 98.9 Å². The van der Waals surface area contributed by atoms with Crippen LogP contribution in [0.25, 0.3) is 22.3 Å². The number of para-hydroxylation sites is 1. The molecular weight excluding hydrogens is 600 g/mol. The lowest BCUT2D eigenvalue weighted by atomic mass is 9.76. The monoisotopic (exact) mass is 638 g/mol. The summed E-state index contributed by atoms with van der Waals surface area (Å²) in [5.74, 6) is -0.833. The van der Waals surface area contributed by atoms with Crippen molar-refractivity contribution in [2.24, 2.45) is 0 Å². The number of pyridine rings is 2. The Morgan fingerprint density at radius 3 is 2.65 bits per heavy atom. The molecule has 13 nitrogen and oxygen atoms in total. The quantitative estimate of drug-likeness (QED) is 0.133. The van der Waals surface area contributed by atoms with E-state index in [0.29, 0.717) is 29.1 Å². The third kappa shape index (κ3) is 5.77. The number of benzene rings is 1. The van der Waals surface area contributed by atoms with Crippen LogP contribution in [0.2, 0.25) is 0 Å². The van der Waals surface area contributed by atoms with Crippen molar-refractivity contribution < 1.29 is 49.0 Å². The third-order valence-electron chi connectivity index (χ3n) is 9.08. The zero-order valence-corrected chi connectivity index (χ0v) is 25.5. The number of Topliss-reactive ketones (excluding diaryl/α,β-unsaturated/α-hetero) is 1. The molecule has 13 heteroatoms. The van der Waals surface area contributed by atoms with Crippen LogP contribution in [0.15, 0.2) is 41.2 Å². The molecule has 3 aromatic rings. The fraction of sp³-hybridized carbons (Fsp3) is 0.515. The number of fused-ring (bicyclic) bond motifs is 5. The van der Waals surface area contributed by atoms with Gasteiger partial charge in [-0.3, -0.25) is 14.4 Å². The minimum absolute atomic E-state index is 0.0228. The lowest BCUT2D eigenvalue weighted by Crippen LogP contribution is -2.59. The van der Waals surface area contributed by atoms with Crippen molar-refractivity contribution in [2.75, 3.05) is 26.4 Å². The van der Waals surface area contributed by atoms with Gasteiger partial charge in [0.1, 0.15) is 24.4 Å². The molecule has 2 aromatic heterocycles. The lowest BCUT2D eigenvalue weighted by molar-refractivity contribution is -0.302. The summed E-state index contributed by atoms with van der Waals surface area (Å²) >= 11 is 0. The van der Waals surface area contributed by atoms with Crippen molar-refractivity contribution in [3.63, 3.8) is 0 Å². The van der Waals surface area contributed by atoms with Gasteiger partial charge in [-0.05, 0) is 37.5 Å². The second-order valence-corrected chi connectivity index (χ2v) is 11.9. The molecule has 6 rings (SSSR count). The summed E-state index contributed by atoms with van der Waals surface area (Å²) < 4.78 is 23.8. The van der Waals surface area contributed by atoms with Crippen molar-refractivity contribution in [1.82, 2.24) is 9.55 Å².